The van der Waals surface area contributed by atoms with Gasteiger partial charge in [-0.25, -0.2) is 0 Å². The molecule has 1 amide bonds. The summed E-state index contributed by atoms with van der Waals surface area (Å²) in [7, 11) is 0. The van der Waals surface area contributed by atoms with Gasteiger partial charge in [-0.2, -0.15) is 0 Å². The lowest BCUT2D eigenvalue weighted by Gasteiger charge is -2.34. The fraction of sp³-hybridized carbons (Fsp3) is 0.632. The largest absolute Gasteiger partial charge is 0.491 e. The molecule has 0 aromatic heterocycles. The molecule has 0 radical (unpaired) electrons. The topological polar surface area (TPSA) is 64.8 Å². The van der Waals surface area contributed by atoms with E-state index in [1.807, 2.05) is 36.1 Å². The smallest absolute Gasteiger partial charge is 0.253 e. The molecule has 1 aromatic carbocycles. The molecule has 2 aliphatic rings. The van der Waals surface area contributed by atoms with E-state index in [1.165, 1.54) is 0 Å². The van der Waals surface area contributed by atoms with Crippen LogP contribution in [-0.4, -0.2) is 49.3 Å². The minimum Gasteiger partial charge on any atom is -0.491 e. The van der Waals surface area contributed by atoms with Gasteiger partial charge in [0.1, 0.15) is 12.4 Å². The standard InChI is InChI=1S/C19H28N2O3.ClH/c1-14(20)16-6-3-9-21(12-16)19(22)15-5-2-7-17(11-15)24-13-18-8-4-10-23-18;/h2,5,7,11,14,16,18H,3-4,6,8-10,12-13,20H2,1H3;1H. The van der Waals surface area contributed by atoms with Crippen LogP contribution in [0.2, 0.25) is 0 Å². The maximum absolute atomic E-state index is 12.8. The number of carbonyl (C=O) groups excluding carboxylic acids is 1. The Kier molecular flexibility index (Phi) is 7.54. The third kappa shape index (κ3) is 5.33. The summed E-state index contributed by atoms with van der Waals surface area (Å²) in [4.78, 5) is 14.7. The highest BCUT2D eigenvalue weighted by molar-refractivity contribution is 5.94. The molecule has 5 nitrogen and oxygen atoms in total. The molecule has 1 aromatic rings. The number of benzene rings is 1. The van der Waals surface area contributed by atoms with Crippen molar-refractivity contribution in [1.82, 2.24) is 4.90 Å². The second-order valence-corrected chi connectivity index (χ2v) is 6.99. The second-order valence-electron chi connectivity index (χ2n) is 6.99. The summed E-state index contributed by atoms with van der Waals surface area (Å²) in [5.41, 5.74) is 6.71. The van der Waals surface area contributed by atoms with Crippen LogP contribution in [0.5, 0.6) is 5.75 Å². The summed E-state index contributed by atoms with van der Waals surface area (Å²) in [6, 6.07) is 7.60. The molecule has 0 saturated carbocycles. The van der Waals surface area contributed by atoms with Crippen molar-refractivity contribution < 1.29 is 14.3 Å². The van der Waals surface area contributed by atoms with Crippen LogP contribution in [0.1, 0.15) is 43.0 Å². The molecule has 2 aliphatic heterocycles. The third-order valence-electron chi connectivity index (χ3n) is 5.03. The molecule has 0 spiro atoms. The Bertz CT molecular complexity index is 561. The SMILES string of the molecule is CC(N)C1CCCN(C(=O)c2cccc(OCC3CCCO3)c2)C1.Cl. The van der Waals surface area contributed by atoms with E-state index in [1.54, 1.807) is 0 Å². The van der Waals surface area contributed by atoms with Crippen LogP contribution in [0.3, 0.4) is 0 Å². The number of carbonyl (C=O) groups is 1. The number of halogens is 1. The minimum absolute atomic E-state index is 0. The average Bonchev–Trinajstić information content (AvgIpc) is 3.13. The van der Waals surface area contributed by atoms with Gasteiger partial charge in [-0.05, 0) is 56.7 Å². The van der Waals surface area contributed by atoms with E-state index in [0.29, 0.717) is 18.1 Å². The number of rotatable bonds is 5. The Morgan fingerprint density at radius 2 is 2.24 bits per heavy atom. The molecule has 3 rings (SSSR count). The van der Waals surface area contributed by atoms with Crippen molar-refractivity contribution in [2.75, 3.05) is 26.3 Å². The molecular formula is C19H29ClN2O3. The van der Waals surface area contributed by atoms with Crippen LogP contribution < -0.4 is 10.5 Å². The summed E-state index contributed by atoms with van der Waals surface area (Å²) in [6.45, 7) is 4.95. The zero-order chi connectivity index (χ0) is 16.9. The summed E-state index contributed by atoms with van der Waals surface area (Å²) in [6.07, 6.45) is 4.45. The first-order valence-corrected chi connectivity index (χ1v) is 9.03. The predicted octanol–water partition coefficient (Wildman–Crippen LogP) is 2.87. The molecular weight excluding hydrogens is 340 g/mol. The zero-order valence-corrected chi connectivity index (χ0v) is 15.7. The molecule has 140 valence electrons. The van der Waals surface area contributed by atoms with Crippen molar-refractivity contribution >= 4 is 18.3 Å². The van der Waals surface area contributed by atoms with E-state index in [0.717, 1.165) is 51.1 Å². The number of nitrogens with two attached hydrogens (primary N) is 1. The number of piperidine rings is 1. The maximum atomic E-state index is 12.8. The molecule has 6 heteroatoms. The first-order valence-electron chi connectivity index (χ1n) is 9.03. The lowest BCUT2D eigenvalue weighted by atomic mass is 9.92. The van der Waals surface area contributed by atoms with Crippen LogP contribution in [0.15, 0.2) is 24.3 Å². The molecule has 2 fully saturated rings. The Labute approximate surface area is 156 Å². The highest BCUT2D eigenvalue weighted by atomic mass is 35.5. The van der Waals surface area contributed by atoms with E-state index in [2.05, 4.69) is 0 Å². The Morgan fingerprint density at radius 3 is 2.96 bits per heavy atom. The van der Waals surface area contributed by atoms with E-state index >= 15 is 0 Å². The summed E-state index contributed by atoms with van der Waals surface area (Å²) in [5.74, 6) is 1.20. The van der Waals surface area contributed by atoms with E-state index < -0.39 is 0 Å². The minimum atomic E-state index is 0. The van der Waals surface area contributed by atoms with Gasteiger partial charge in [0.15, 0.2) is 0 Å². The number of nitrogens with zero attached hydrogens (tertiary/aromatic N) is 1. The Balaban J connectivity index is 0.00000225. The van der Waals surface area contributed by atoms with E-state index in [-0.39, 0.29) is 30.5 Å². The van der Waals surface area contributed by atoms with Gasteiger partial charge >= 0.3 is 0 Å². The second kappa shape index (κ2) is 9.41. The van der Waals surface area contributed by atoms with Crippen LogP contribution in [0.25, 0.3) is 0 Å². The summed E-state index contributed by atoms with van der Waals surface area (Å²) < 4.78 is 11.4. The fourth-order valence-corrected chi connectivity index (χ4v) is 3.49. The molecule has 2 saturated heterocycles. The molecule has 2 heterocycles. The fourth-order valence-electron chi connectivity index (χ4n) is 3.49. The normalized spacial score (nSPS) is 24.5. The maximum Gasteiger partial charge on any atom is 0.253 e. The first kappa shape index (κ1) is 20.0. The summed E-state index contributed by atoms with van der Waals surface area (Å²) in [5, 5.41) is 0. The van der Waals surface area contributed by atoms with Crippen LogP contribution in [0, 0.1) is 5.92 Å². The van der Waals surface area contributed by atoms with Crippen LogP contribution in [0.4, 0.5) is 0 Å². The lowest BCUT2D eigenvalue weighted by Crippen LogP contribution is -2.45. The molecule has 3 atom stereocenters. The zero-order valence-electron chi connectivity index (χ0n) is 14.9. The monoisotopic (exact) mass is 368 g/mol. The van der Waals surface area contributed by atoms with Crippen molar-refractivity contribution in [2.24, 2.45) is 11.7 Å². The van der Waals surface area contributed by atoms with Crippen molar-refractivity contribution in [3.63, 3.8) is 0 Å². The number of hydrogen-bond donors (Lipinski definition) is 1. The van der Waals surface area contributed by atoms with Crippen molar-refractivity contribution in [3.8, 4) is 5.75 Å². The van der Waals surface area contributed by atoms with Gasteiger partial charge in [0.05, 0.1) is 6.10 Å². The highest BCUT2D eigenvalue weighted by Crippen LogP contribution is 2.22. The van der Waals surface area contributed by atoms with Gasteiger partial charge in [-0.1, -0.05) is 6.07 Å². The van der Waals surface area contributed by atoms with Gasteiger partial charge in [0, 0.05) is 31.3 Å². The number of hydrogen-bond acceptors (Lipinski definition) is 4. The molecule has 3 unspecified atom stereocenters. The Hall–Kier alpha value is -1.30. The highest BCUT2D eigenvalue weighted by Gasteiger charge is 2.26. The van der Waals surface area contributed by atoms with Gasteiger partial charge in [-0.3, -0.25) is 4.79 Å². The molecule has 0 aliphatic carbocycles. The van der Waals surface area contributed by atoms with E-state index in [4.69, 9.17) is 15.2 Å². The predicted molar refractivity (Wildman–Crippen MR) is 100 cm³/mol. The Morgan fingerprint density at radius 1 is 1.40 bits per heavy atom. The average molecular weight is 369 g/mol. The summed E-state index contributed by atoms with van der Waals surface area (Å²) >= 11 is 0. The van der Waals surface area contributed by atoms with Gasteiger partial charge in [0.2, 0.25) is 0 Å². The van der Waals surface area contributed by atoms with Crippen LogP contribution >= 0.6 is 12.4 Å². The molecule has 25 heavy (non-hydrogen) atoms. The van der Waals surface area contributed by atoms with Gasteiger partial charge < -0.3 is 20.1 Å². The van der Waals surface area contributed by atoms with Crippen LogP contribution in [-0.2, 0) is 4.74 Å². The number of amides is 1. The van der Waals surface area contributed by atoms with Crippen molar-refractivity contribution in [3.05, 3.63) is 29.8 Å². The molecule has 2 N–H and O–H groups in total. The van der Waals surface area contributed by atoms with Gasteiger partial charge in [-0.15, -0.1) is 12.4 Å². The van der Waals surface area contributed by atoms with Gasteiger partial charge in [0.25, 0.3) is 5.91 Å². The van der Waals surface area contributed by atoms with Crippen molar-refractivity contribution in [1.29, 1.82) is 0 Å². The third-order valence-corrected chi connectivity index (χ3v) is 5.03. The van der Waals surface area contributed by atoms with Crippen molar-refractivity contribution in [2.45, 2.75) is 44.8 Å². The number of ether oxygens (including phenoxy) is 2. The lowest BCUT2D eigenvalue weighted by molar-refractivity contribution is 0.0653. The first-order chi connectivity index (χ1) is 11.6. The quantitative estimate of drug-likeness (QED) is 0.867. The molecule has 0 bridgehead atoms. The van der Waals surface area contributed by atoms with E-state index in [9.17, 15) is 4.79 Å². The number of likely N-dealkylation sites (tertiary alicyclic amines) is 1.